The summed E-state index contributed by atoms with van der Waals surface area (Å²) in [6, 6.07) is 15.4. The number of nitrogens with zero attached hydrogens (tertiary/aromatic N) is 1. The van der Waals surface area contributed by atoms with Gasteiger partial charge in [0.2, 0.25) is 0 Å². The number of nitrogens with one attached hydrogen (secondary N) is 1. The Morgan fingerprint density at radius 3 is 2.17 bits per heavy atom. The Morgan fingerprint density at radius 2 is 1.57 bits per heavy atom. The van der Waals surface area contributed by atoms with Gasteiger partial charge >= 0.3 is 0 Å². The molecule has 0 aliphatic rings. The first-order chi connectivity index (χ1) is 10.8. The predicted octanol–water partition coefficient (Wildman–Crippen LogP) is 2.56. The van der Waals surface area contributed by atoms with Crippen LogP contribution >= 0.6 is 0 Å². The van der Waals surface area contributed by atoms with Gasteiger partial charge in [0.25, 0.3) is 11.8 Å². The molecule has 2 rings (SSSR count). The minimum Gasteiger partial charge on any atom is -0.507 e. The van der Waals surface area contributed by atoms with Crippen LogP contribution in [0.3, 0.4) is 0 Å². The number of hydrogen-bond donors (Lipinski definition) is 2. The summed E-state index contributed by atoms with van der Waals surface area (Å²) in [7, 11) is 1.66. The number of hydrogen-bond acceptors (Lipinski definition) is 3. The van der Waals surface area contributed by atoms with E-state index in [-0.39, 0.29) is 17.2 Å². The summed E-state index contributed by atoms with van der Waals surface area (Å²) >= 11 is 0. The molecule has 0 saturated carbocycles. The summed E-state index contributed by atoms with van der Waals surface area (Å²) in [5.41, 5.74) is -0.248. The Morgan fingerprint density at radius 1 is 1.00 bits per heavy atom. The number of amides is 2. The molecule has 0 aliphatic heterocycles. The van der Waals surface area contributed by atoms with E-state index in [0.717, 1.165) is 5.69 Å². The number of likely N-dealkylation sites (N-methyl/N-ethyl adjacent to an activating group) is 1. The molecule has 0 unspecified atom stereocenters. The van der Waals surface area contributed by atoms with Gasteiger partial charge < -0.3 is 15.3 Å². The van der Waals surface area contributed by atoms with Crippen LogP contribution in [0.2, 0.25) is 0 Å². The van der Waals surface area contributed by atoms with Crippen molar-refractivity contribution in [2.75, 3.05) is 11.9 Å². The Hall–Kier alpha value is -2.82. The Kier molecular flexibility index (Phi) is 4.69. The van der Waals surface area contributed by atoms with Crippen molar-refractivity contribution in [3.8, 4) is 5.75 Å². The van der Waals surface area contributed by atoms with E-state index < -0.39 is 11.4 Å². The van der Waals surface area contributed by atoms with Crippen molar-refractivity contribution in [2.24, 2.45) is 0 Å². The summed E-state index contributed by atoms with van der Waals surface area (Å²) in [4.78, 5) is 26.5. The van der Waals surface area contributed by atoms with Crippen LogP contribution in [0.5, 0.6) is 5.75 Å². The number of carbonyl (C=O) groups excluding carboxylic acids is 2. The van der Waals surface area contributed by atoms with E-state index >= 15 is 0 Å². The van der Waals surface area contributed by atoms with Crippen LogP contribution in [-0.4, -0.2) is 29.5 Å². The Balaban J connectivity index is 2.16. The molecule has 0 fully saturated rings. The number of rotatable bonds is 4. The first kappa shape index (κ1) is 16.5. The molecule has 0 heterocycles. The van der Waals surface area contributed by atoms with Crippen LogP contribution in [0.4, 0.5) is 5.69 Å². The average Bonchev–Trinajstić information content (AvgIpc) is 2.54. The third-order valence-electron chi connectivity index (χ3n) is 3.56. The van der Waals surface area contributed by atoms with Crippen LogP contribution in [0, 0.1) is 0 Å². The number of phenols is 1. The van der Waals surface area contributed by atoms with Gasteiger partial charge in [0.15, 0.2) is 0 Å². The van der Waals surface area contributed by atoms with E-state index in [4.69, 9.17) is 0 Å². The lowest BCUT2D eigenvalue weighted by Gasteiger charge is -2.30. The molecule has 2 aromatic carbocycles. The number of anilines is 1. The van der Waals surface area contributed by atoms with Crippen molar-refractivity contribution in [2.45, 2.75) is 19.4 Å². The highest BCUT2D eigenvalue weighted by Crippen LogP contribution is 2.19. The van der Waals surface area contributed by atoms with Crippen LogP contribution in [-0.2, 0) is 4.79 Å². The van der Waals surface area contributed by atoms with Crippen molar-refractivity contribution in [3.63, 3.8) is 0 Å². The highest BCUT2D eigenvalue weighted by molar-refractivity contribution is 6.05. The van der Waals surface area contributed by atoms with Gasteiger partial charge in [0.1, 0.15) is 11.3 Å². The average molecular weight is 312 g/mol. The summed E-state index contributed by atoms with van der Waals surface area (Å²) in [6.45, 7) is 3.26. The zero-order chi connectivity index (χ0) is 17.0. The fraction of sp³-hybridized carbons (Fsp3) is 0.222. The third kappa shape index (κ3) is 3.69. The molecule has 23 heavy (non-hydrogen) atoms. The summed E-state index contributed by atoms with van der Waals surface area (Å²) in [5.74, 6) is -0.875. The smallest absolute Gasteiger partial charge is 0.255 e. The lowest BCUT2D eigenvalue weighted by Crippen LogP contribution is -2.55. The van der Waals surface area contributed by atoms with E-state index in [1.54, 1.807) is 33.0 Å². The normalized spacial score (nSPS) is 10.9. The van der Waals surface area contributed by atoms with E-state index in [0.29, 0.717) is 0 Å². The van der Waals surface area contributed by atoms with Gasteiger partial charge in [-0.15, -0.1) is 0 Å². The second kappa shape index (κ2) is 6.52. The Labute approximate surface area is 135 Å². The molecule has 2 N–H and O–H groups in total. The largest absolute Gasteiger partial charge is 0.507 e. The molecular weight excluding hydrogens is 292 g/mol. The molecule has 0 saturated heterocycles. The molecule has 0 spiro atoms. The minimum absolute atomic E-state index is 0.121. The fourth-order valence-electron chi connectivity index (χ4n) is 2.26. The van der Waals surface area contributed by atoms with Crippen molar-refractivity contribution < 1.29 is 14.7 Å². The lowest BCUT2D eigenvalue weighted by atomic mass is 10.0. The van der Waals surface area contributed by atoms with E-state index in [1.807, 2.05) is 30.3 Å². The van der Waals surface area contributed by atoms with Gasteiger partial charge in [-0.3, -0.25) is 9.59 Å². The second-order valence-electron chi connectivity index (χ2n) is 5.80. The van der Waals surface area contributed by atoms with E-state index in [2.05, 4.69) is 5.32 Å². The quantitative estimate of drug-likeness (QED) is 0.911. The highest BCUT2D eigenvalue weighted by Gasteiger charge is 2.33. The third-order valence-corrected chi connectivity index (χ3v) is 3.56. The van der Waals surface area contributed by atoms with Crippen molar-refractivity contribution in [1.82, 2.24) is 5.32 Å². The summed E-state index contributed by atoms with van der Waals surface area (Å²) < 4.78 is 0. The molecule has 120 valence electrons. The second-order valence-corrected chi connectivity index (χ2v) is 5.80. The molecule has 0 bridgehead atoms. The first-order valence-corrected chi connectivity index (χ1v) is 7.26. The van der Waals surface area contributed by atoms with Gasteiger partial charge in [-0.05, 0) is 38.1 Å². The van der Waals surface area contributed by atoms with Gasteiger partial charge in [0, 0.05) is 12.7 Å². The van der Waals surface area contributed by atoms with Crippen LogP contribution in [0.25, 0.3) is 0 Å². The van der Waals surface area contributed by atoms with Crippen LogP contribution < -0.4 is 10.2 Å². The molecule has 5 nitrogen and oxygen atoms in total. The van der Waals surface area contributed by atoms with E-state index in [9.17, 15) is 14.7 Å². The SMILES string of the molecule is CN(C(=O)C(C)(C)NC(=O)c1ccccc1O)c1ccccc1. The van der Waals surface area contributed by atoms with Crippen molar-refractivity contribution >= 4 is 17.5 Å². The van der Waals surface area contributed by atoms with Crippen molar-refractivity contribution in [3.05, 3.63) is 60.2 Å². The highest BCUT2D eigenvalue weighted by atomic mass is 16.3. The fourth-order valence-corrected chi connectivity index (χ4v) is 2.26. The maximum Gasteiger partial charge on any atom is 0.255 e. The molecule has 0 aromatic heterocycles. The molecular formula is C18H20N2O3. The number of para-hydroxylation sites is 2. The zero-order valence-electron chi connectivity index (χ0n) is 13.4. The van der Waals surface area contributed by atoms with Gasteiger partial charge in [-0.25, -0.2) is 0 Å². The zero-order valence-corrected chi connectivity index (χ0v) is 13.4. The predicted molar refractivity (Wildman–Crippen MR) is 89.5 cm³/mol. The molecule has 0 radical (unpaired) electrons. The number of phenolic OH excluding ortho intramolecular Hbond substituents is 1. The summed E-state index contributed by atoms with van der Waals surface area (Å²) in [6.07, 6.45) is 0. The molecule has 5 heteroatoms. The van der Waals surface area contributed by atoms with Crippen LogP contribution in [0.1, 0.15) is 24.2 Å². The molecule has 2 amide bonds. The maximum absolute atomic E-state index is 12.7. The number of carbonyl (C=O) groups is 2. The topological polar surface area (TPSA) is 69.6 Å². The van der Waals surface area contributed by atoms with Gasteiger partial charge in [0.05, 0.1) is 5.56 Å². The number of aromatic hydroxyl groups is 1. The monoisotopic (exact) mass is 312 g/mol. The van der Waals surface area contributed by atoms with E-state index in [1.165, 1.54) is 17.0 Å². The van der Waals surface area contributed by atoms with Gasteiger partial charge in [-0.1, -0.05) is 30.3 Å². The number of benzene rings is 2. The van der Waals surface area contributed by atoms with Crippen LogP contribution in [0.15, 0.2) is 54.6 Å². The molecule has 0 atom stereocenters. The minimum atomic E-state index is -1.12. The lowest BCUT2D eigenvalue weighted by molar-refractivity contribution is -0.123. The first-order valence-electron chi connectivity index (χ1n) is 7.26. The van der Waals surface area contributed by atoms with Gasteiger partial charge in [-0.2, -0.15) is 0 Å². The maximum atomic E-state index is 12.7. The molecule has 0 aliphatic carbocycles. The van der Waals surface area contributed by atoms with Crippen molar-refractivity contribution in [1.29, 1.82) is 0 Å². The molecule has 2 aromatic rings. The Bertz CT molecular complexity index is 711. The summed E-state index contributed by atoms with van der Waals surface area (Å²) in [5, 5.41) is 12.4. The standard InChI is InChI=1S/C18H20N2O3/c1-18(2,17(23)20(3)13-9-5-4-6-10-13)19-16(22)14-11-7-8-12-15(14)21/h4-12,21H,1-3H3,(H,19,22).